The van der Waals surface area contributed by atoms with Gasteiger partial charge < -0.3 is 15.2 Å². The van der Waals surface area contributed by atoms with Gasteiger partial charge in [-0.3, -0.25) is 14.5 Å². The maximum Gasteiger partial charge on any atom is 0.251 e. The highest BCUT2D eigenvalue weighted by atomic mass is 32.1. The van der Waals surface area contributed by atoms with E-state index in [1.165, 1.54) is 33.2 Å². The number of aryl methyl sites for hydroxylation is 2. The summed E-state index contributed by atoms with van der Waals surface area (Å²) in [4.78, 5) is 31.5. The molecule has 0 aliphatic carbocycles. The Kier molecular flexibility index (Phi) is 7.99. The number of amides is 2. The number of nitrogens with one attached hydrogen (secondary N) is 1. The molecule has 0 saturated carbocycles. The van der Waals surface area contributed by atoms with E-state index >= 15 is 0 Å². The number of carbonyl (C=O) groups excluding carboxylic acids is 2. The molecule has 2 atom stereocenters. The minimum absolute atomic E-state index is 0.0608. The van der Waals surface area contributed by atoms with Gasteiger partial charge in [0.2, 0.25) is 11.7 Å². The molecular weight excluding hydrogens is 516 g/mol. The fourth-order valence-corrected chi connectivity index (χ4v) is 5.25. The van der Waals surface area contributed by atoms with E-state index in [1.807, 2.05) is 49.6 Å². The number of phenolic OH excluding ortho intramolecular Hbond substituents is 1. The Hall–Kier alpha value is -4.09. The first-order chi connectivity index (χ1) is 18.9. The second-order valence-corrected chi connectivity index (χ2v) is 10.5. The van der Waals surface area contributed by atoms with Crippen LogP contribution in [0.2, 0.25) is 0 Å². The Morgan fingerprint density at radius 3 is 2.74 bits per heavy atom. The van der Waals surface area contributed by atoms with Gasteiger partial charge in [-0.25, -0.2) is 0 Å². The van der Waals surface area contributed by atoms with Crippen LogP contribution in [-0.4, -0.2) is 56.4 Å². The Morgan fingerprint density at radius 1 is 1.21 bits per heavy atom. The summed E-state index contributed by atoms with van der Waals surface area (Å²) < 4.78 is 5.69. The van der Waals surface area contributed by atoms with Crippen molar-refractivity contribution in [1.82, 2.24) is 25.5 Å². The van der Waals surface area contributed by atoms with Gasteiger partial charge in [-0.15, -0.1) is 21.5 Å². The standard InChI is InChI=1S/C28H30N6O4S/c1-18-7-8-19(2)23(15-18)34(25(36)17-33-31-27(30-32-33)24-6-4-14-39-24)26(20-9-11-21(35)12-10-20)28(37)29-16-22-5-3-13-38-22/h4,6-12,14-15,22,26,35H,3,5,13,16-17H2,1-2H3,(H,29,37)/t22-,26-/m0/s1. The van der Waals surface area contributed by atoms with E-state index in [0.717, 1.165) is 28.8 Å². The number of phenols is 1. The van der Waals surface area contributed by atoms with Gasteiger partial charge in [-0.05, 0) is 78.2 Å². The van der Waals surface area contributed by atoms with Crippen LogP contribution in [0.4, 0.5) is 5.69 Å². The Morgan fingerprint density at radius 2 is 2.03 bits per heavy atom. The molecule has 0 spiro atoms. The van der Waals surface area contributed by atoms with Gasteiger partial charge in [0.25, 0.3) is 5.91 Å². The summed E-state index contributed by atoms with van der Waals surface area (Å²) in [7, 11) is 0. The zero-order chi connectivity index (χ0) is 27.4. The largest absolute Gasteiger partial charge is 0.508 e. The number of aromatic hydroxyl groups is 1. The molecule has 11 heteroatoms. The van der Waals surface area contributed by atoms with Crippen molar-refractivity contribution in [1.29, 1.82) is 0 Å². The first kappa shape index (κ1) is 26.5. The zero-order valence-electron chi connectivity index (χ0n) is 21.8. The summed E-state index contributed by atoms with van der Waals surface area (Å²) in [5, 5.41) is 27.4. The first-order valence-electron chi connectivity index (χ1n) is 12.8. The lowest BCUT2D eigenvalue weighted by molar-refractivity contribution is -0.127. The summed E-state index contributed by atoms with van der Waals surface area (Å²) in [6, 6.07) is 14.9. The average Bonchev–Trinajstić information content (AvgIpc) is 3.71. The Bertz CT molecular complexity index is 1430. The van der Waals surface area contributed by atoms with Crippen molar-refractivity contribution in [3.05, 3.63) is 76.7 Å². The smallest absolute Gasteiger partial charge is 0.251 e. The summed E-state index contributed by atoms with van der Waals surface area (Å²) in [6.45, 7) is 4.63. The molecular formula is C28H30N6O4S. The van der Waals surface area contributed by atoms with E-state index in [2.05, 4.69) is 20.7 Å². The highest BCUT2D eigenvalue weighted by Crippen LogP contribution is 2.32. The van der Waals surface area contributed by atoms with Crippen molar-refractivity contribution >= 4 is 28.8 Å². The van der Waals surface area contributed by atoms with Crippen LogP contribution in [-0.2, 0) is 20.9 Å². The van der Waals surface area contributed by atoms with E-state index in [0.29, 0.717) is 30.2 Å². The number of nitrogens with zero attached hydrogens (tertiary/aromatic N) is 5. The Labute approximate surface area is 230 Å². The van der Waals surface area contributed by atoms with E-state index in [-0.39, 0.29) is 30.2 Å². The topological polar surface area (TPSA) is 122 Å². The fourth-order valence-electron chi connectivity index (χ4n) is 4.60. The van der Waals surface area contributed by atoms with Crippen LogP contribution in [0.15, 0.2) is 60.0 Å². The lowest BCUT2D eigenvalue weighted by Crippen LogP contribution is -2.47. The number of hydrogen-bond acceptors (Lipinski definition) is 8. The number of carbonyl (C=O) groups is 2. The van der Waals surface area contributed by atoms with Crippen LogP contribution < -0.4 is 10.2 Å². The molecule has 202 valence electrons. The number of anilines is 1. The average molecular weight is 547 g/mol. The molecule has 2 aromatic carbocycles. The lowest BCUT2D eigenvalue weighted by atomic mass is 10.0. The van der Waals surface area contributed by atoms with Gasteiger partial charge in [-0.2, -0.15) is 4.80 Å². The fraction of sp³-hybridized carbons (Fsp3) is 0.321. The number of benzene rings is 2. The number of rotatable bonds is 9. The molecule has 39 heavy (non-hydrogen) atoms. The summed E-state index contributed by atoms with van der Waals surface area (Å²) in [5.41, 5.74) is 2.92. The van der Waals surface area contributed by atoms with Gasteiger partial charge in [0, 0.05) is 18.8 Å². The van der Waals surface area contributed by atoms with Crippen LogP contribution in [0.1, 0.15) is 35.6 Å². The van der Waals surface area contributed by atoms with E-state index in [9.17, 15) is 14.7 Å². The van der Waals surface area contributed by atoms with Crippen LogP contribution in [0, 0.1) is 13.8 Å². The number of ether oxygens (including phenoxy) is 1. The molecule has 0 unspecified atom stereocenters. The van der Waals surface area contributed by atoms with E-state index < -0.39 is 6.04 Å². The molecule has 2 N–H and O–H groups in total. The lowest BCUT2D eigenvalue weighted by Gasteiger charge is -2.33. The molecule has 0 bridgehead atoms. The van der Waals surface area contributed by atoms with Gasteiger partial charge >= 0.3 is 0 Å². The van der Waals surface area contributed by atoms with Gasteiger partial charge in [0.15, 0.2) is 0 Å². The van der Waals surface area contributed by atoms with Crippen LogP contribution in [0.25, 0.3) is 10.7 Å². The number of tetrazole rings is 1. The SMILES string of the molecule is Cc1ccc(C)c(N(C(=O)Cn2nnc(-c3cccs3)n2)[C@H](C(=O)NC[C@@H]2CCCO2)c2ccc(O)cc2)c1. The maximum atomic E-state index is 14.1. The third-order valence-electron chi connectivity index (χ3n) is 6.61. The van der Waals surface area contributed by atoms with E-state index in [1.54, 1.807) is 12.1 Å². The van der Waals surface area contributed by atoms with Gasteiger partial charge in [0.1, 0.15) is 18.3 Å². The van der Waals surface area contributed by atoms with Crippen molar-refractivity contribution in [2.75, 3.05) is 18.1 Å². The molecule has 1 fully saturated rings. The zero-order valence-corrected chi connectivity index (χ0v) is 22.6. The molecule has 3 heterocycles. The molecule has 1 saturated heterocycles. The second kappa shape index (κ2) is 11.7. The molecule has 2 aromatic heterocycles. The summed E-state index contributed by atoms with van der Waals surface area (Å²) >= 11 is 1.48. The first-order valence-corrected chi connectivity index (χ1v) is 13.7. The van der Waals surface area contributed by atoms with Crippen molar-refractivity contribution in [2.45, 2.75) is 45.4 Å². The summed E-state index contributed by atoms with van der Waals surface area (Å²) in [5.74, 6) is -0.240. The number of hydrogen-bond donors (Lipinski definition) is 2. The van der Waals surface area contributed by atoms with Crippen molar-refractivity contribution in [2.24, 2.45) is 0 Å². The van der Waals surface area contributed by atoms with Crippen molar-refractivity contribution < 1.29 is 19.4 Å². The third-order valence-corrected chi connectivity index (χ3v) is 7.47. The monoisotopic (exact) mass is 546 g/mol. The molecule has 1 aliphatic heterocycles. The quantitative estimate of drug-likeness (QED) is 0.327. The predicted molar refractivity (Wildman–Crippen MR) is 147 cm³/mol. The number of aromatic nitrogens is 4. The van der Waals surface area contributed by atoms with Crippen molar-refractivity contribution in [3.63, 3.8) is 0 Å². The highest BCUT2D eigenvalue weighted by molar-refractivity contribution is 7.13. The summed E-state index contributed by atoms with van der Waals surface area (Å²) in [6.07, 6.45) is 1.76. The predicted octanol–water partition coefficient (Wildman–Crippen LogP) is 3.79. The van der Waals surface area contributed by atoms with Gasteiger partial charge in [-0.1, -0.05) is 30.3 Å². The maximum absolute atomic E-state index is 14.1. The van der Waals surface area contributed by atoms with E-state index in [4.69, 9.17) is 4.74 Å². The van der Waals surface area contributed by atoms with Crippen LogP contribution in [0.5, 0.6) is 5.75 Å². The van der Waals surface area contributed by atoms with Gasteiger partial charge in [0.05, 0.1) is 11.0 Å². The van der Waals surface area contributed by atoms with Crippen LogP contribution in [0.3, 0.4) is 0 Å². The van der Waals surface area contributed by atoms with Crippen molar-refractivity contribution in [3.8, 4) is 16.5 Å². The molecule has 5 rings (SSSR count). The normalized spacial score (nSPS) is 15.7. The number of thiophene rings is 1. The minimum atomic E-state index is -1.01. The minimum Gasteiger partial charge on any atom is -0.508 e. The second-order valence-electron chi connectivity index (χ2n) is 9.55. The highest BCUT2D eigenvalue weighted by Gasteiger charge is 2.34. The van der Waals surface area contributed by atoms with Crippen LogP contribution >= 0.6 is 11.3 Å². The molecule has 10 nitrogen and oxygen atoms in total. The molecule has 2 amide bonds. The molecule has 1 aliphatic rings. The Balaban J connectivity index is 1.52. The third kappa shape index (κ3) is 6.15. The molecule has 4 aromatic rings. The molecule has 0 radical (unpaired) electrons.